The molecule has 0 bridgehead atoms. The first kappa shape index (κ1) is 13.8. The predicted octanol–water partition coefficient (Wildman–Crippen LogP) is 3.92. The summed E-state index contributed by atoms with van der Waals surface area (Å²) in [7, 11) is 0. The molecule has 14 heavy (non-hydrogen) atoms. The maximum absolute atomic E-state index is 2.39. The van der Waals surface area contributed by atoms with Gasteiger partial charge in [0, 0.05) is 13.1 Å². The summed E-state index contributed by atoms with van der Waals surface area (Å²) in [5, 5.41) is 0. The van der Waals surface area contributed by atoms with Crippen molar-refractivity contribution in [3.63, 3.8) is 0 Å². The summed E-state index contributed by atoms with van der Waals surface area (Å²) in [5.41, 5.74) is 1.39. The lowest BCUT2D eigenvalue weighted by Gasteiger charge is -2.21. The quantitative estimate of drug-likeness (QED) is 0.677. The molecule has 0 spiro atoms. The fraction of sp³-hybridized carbons (Fsp3) is 0.667. The van der Waals surface area contributed by atoms with E-state index in [0.717, 1.165) is 6.54 Å². The molecule has 0 aliphatic carbocycles. The third-order valence-corrected chi connectivity index (χ3v) is 2.49. The summed E-state index contributed by atoms with van der Waals surface area (Å²) < 4.78 is 0. The number of hydrogen-bond donors (Lipinski definition) is 0. The van der Waals surface area contributed by atoms with Gasteiger partial charge < -0.3 is 4.90 Å². The third-order valence-electron chi connectivity index (χ3n) is 2.49. The van der Waals surface area contributed by atoms with Crippen LogP contribution in [0, 0.1) is 0 Å². The molecule has 0 aromatic rings. The minimum Gasteiger partial charge on any atom is -0.374 e. The Bertz CT molecular complexity index is 196. The Balaban J connectivity index is 0.00000169. The monoisotopic (exact) mass is 259 g/mol. The Morgan fingerprint density at radius 2 is 2.07 bits per heavy atom. The Hall–Kier alpha value is -0.240. The Morgan fingerprint density at radius 1 is 1.29 bits per heavy atom. The van der Waals surface area contributed by atoms with Crippen LogP contribution in [0.4, 0.5) is 0 Å². The van der Waals surface area contributed by atoms with Crippen molar-refractivity contribution in [2.24, 2.45) is 0 Å². The van der Waals surface area contributed by atoms with Crippen molar-refractivity contribution in [3.05, 3.63) is 23.9 Å². The SMILES string of the molecule is Br.CCCCCCN1C=CC(C)=CC1. The van der Waals surface area contributed by atoms with Crippen LogP contribution in [0.15, 0.2) is 23.9 Å². The fourth-order valence-electron chi connectivity index (χ4n) is 1.52. The highest BCUT2D eigenvalue weighted by atomic mass is 79.9. The van der Waals surface area contributed by atoms with Crippen molar-refractivity contribution in [2.75, 3.05) is 13.1 Å². The van der Waals surface area contributed by atoms with Crippen LogP contribution < -0.4 is 0 Å². The lowest BCUT2D eigenvalue weighted by atomic mass is 10.2. The van der Waals surface area contributed by atoms with Crippen molar-refractivity contribution >= 4 is 17.0 Å². The van der Waals surface area contributed by atoms with Crippen molar-refractivity contribution in [3.8, 4) is 0 Å². The number of unbranched alkanes of at least 4 members (excludes halogenated alkanes) is 3. The van der Waals surface area contributed by atoms with E-state index in [9.17, 15) is 0 Å². The van der Waals surface area contributed by atoms with Crippen LogP contribution in [0.25, 0.3) is 0 Å². The van der Waals surface area contributed by atoms with Gasteiger partial charge in [0.05, 0.1) is 0 Å². The molecule has 1 heterocycles. The second-order valence-corrected chi connectivity index (χ2v) is 3.82. The van der Waals surface area contributed by atoms with E-state index in [2.05, 4.69) is 37.1 Å². The molecule has 0 aromatic carbocycles. The van der Waals surface area contributed by atoms with Gasteiger partial charge in [0.25, 0.3) is 0 Å². The molecule has 0 unspecified atom stereocenters. The Labute approximate surface area is 98.6 Å². The van der Waals surface area contributed by atoms with Crippen LogP contribution in [-0.4, -0.2) is 18.0 Å². The summed E-state index contributed by atoms with van der Waals surface area (Å²) in [6.45, 7) is 6.74. The summed E-state index contributed by atoms with van der Waals surface area (Å²) in [4.78, 5) is 2.39. The zero-order valence-electron chi connectivity index (χ0n) is 9.33. The van der Waals surface area contributed by atoms with Crippen molar-refractivity contribution in [1.82, 2.24) is 4.90 Å². The maximum atomic E-state index is 2.39. The normalized spacial score (nSPS) is 15.0. The molecular weight excluding hydrogens is 238 g/mol. The summed E-state index contributed by atoms with van der Waals surface area (Å²) in [6.07, 6.45) is 12.1. The van der Waals surface area contributed by atoms with Crippen LogP contribution in [0.3, 0.4) is 0 Å². The first-order valence-electron chi connectivity index (χ1n) is 5.42. The van der Waals surface area contributed by atoms with Gasteiger partial charge in [-0.25, -0.2) is 0 Å². The standard InChI is InChI=1S/C12H21N.BrH/c1-3-4-5-6-9-13-10-7-12(2)8-11-13;/h7-8,10H,3-6,9,11H2,1-2H3;1H. The Morgan fingerprint density at radius 3 is 2.64 bits per heavy atom. The van der Waals surface area contributed by atoms with E-state index in [-0.39, 0.29) is 17.0 Å². The third kappa shape index (κ3) is 5.48. The molecule has 0 atom stereocenters. The first-order chi connectivity index (χ1) is 6.33. The second-order valence-electron chi connectivity index (χ2n) is 3.82. The van der Waals surface area contributed by atoms with E-state index in [1.165, 1.54) is 37.8 Å². The molecule has 1 rings (SSSR count). The molecule has 0 aromatic heterocycles. The molecule has 1 aliphatic rings. The number of rotatable bonds is 5. The van der Waals surface area contributed by atoms with E-state index < -0.39 is 0 Å². The van der Waals surface area contributed by atoms with Crippen LogP contribution in [0.5, 0.6) is 0 Å². The number of halogens is 1. The second kappa shape index (κ2) is 8.10. The van der Waals surface area contributed by atoms with Gasteiger partial charge in [0.2, 0.25) is 0 Å². The molecule has 0 amide bonds. The van der Waals surface area contributed by atoms with E-state index in [1.54, 1.807) is 0 Å². The molecule has 1 aliphatic heterocycles. The molecule has 0 saturated carbocycles. The molecule has 0 saturated heterocycles. The van der Waals surface area contributed by atoms with Crippen LogP contribution in [0.1, 0.15) is 39.5 Å². The minimum atomic E-state index is 0. The number of allylic oxidation sites excluding steroid dienone is 2. The van der Waals surface area contributed by atoms with Gasteiger partial charge in [-0.1, -0.05) is 37.8 Å². The van der Waals surface area contributed by atoms with Gasteiger partial charge in [-0.15, -0.1) is 17.0 Å². The van der Waals surface area contributed by atoms with E-state index in [1.807, 2.05) is 0 Å². The molecule has 0 fully saturated rings. The molecular formula is C12H22BrN. The average molecular weight is 260 g/mol. The van der Waals surface area contributed by atoms with Crippen molar-refractivity contribution in [2.45, 2.75) is 39.5 Å². The number of hydrogen-bond acceptors (Lipinski definition) is 1. The van der Waals surface area contributed by atoms with Crippen LogP contribution in [0.2, 0.25) is 0 Å². The summed E-state index contributed by atoms with van der Waals surface area (Å²) in [5.74, 6) is 0. The predicted molar refractivity (Wildman–Crippen MR) is 68.9 cm³/mol. The lowest BCUT2D eigenvalue weighted by Crippen LogP contribution is -2.20. The van der Waals surface area contributed by atoms with Gasteiger partial charge in [0.15, 0.2) is 0 Å². The molecule has 2 heteroatoms. The van der Waals surface area contributed by atoms with Crippen LogP contribution >= 0.6 is 17.0 Å². The largest absolute Gasteiger partial charge is 0.374 e. The molecule has 0 N–H and O–H groups in total. The zero-order valence-corrected chi connectivity index (χ0v) is 11.0. The Kier molecular flexibility index (Phi) is 7.96. The van der Waals surface area contributed by atoms with Gasteiger partial charge in [-0.2, -0.15) is 0 Å². The highest BCUT2D eigenvalue weighted by Gasteiger charge is 2.00. The summed E-state index contributed by atoms with van der Waals surface area (Å²) in [6, 6.07) is 0. The first-order valence-corrected chi connectivity index (χ1v) is 5.42. The van der Waals surface area contributed by atoms with Gasteiger partial charge in [-0.3, -0.25) is 0 Å². The van der Waals surface area contributed by atoms with Gasteiger partial charge >= 0.3 is 0 Å². The fourth-order valence-corrected chi connectivity index (χ4v) is 1.52. The molecule has 82 valence electrons. The summed E-state index contributed by atoms with van der Waals surface area (Å²) >= 11 is 0. The van der Waals surface area contributed by atoms with Crippen molar-refractivity contribution in [1.29, 1.82) is 0 Å². The average Bonchev–Trinajstić information content (AvgIpc) is 2.15. The van der Waals surface area contributed by atoms with E-state index >= 15 is 0 Å². The van der Waals surface area contributed by atoms with Crippen LogP contribution in [-0.2, 0) is 0 Å². The highest BCUT2D eigenvalue weighted by Crippen LogP contribution is 2.08. The molecule has 0 radical (unpaired) electrons. The smallest absolute Gasteiger partial charge is 0.0359 e. The number of nitrogens with zero attached hydrogens (tertiary/aromatic N) is 1. The topological polar surface area (TPSA) is 3.24 Å². The minimum absolute atomic E-state index is 0. The lowest BCUT2D eigenvalue weighted by molar-refractivity contribution is 0.392. The highest BCUT2D eigenvalue weighted by molar-refractivity contribution is 8.93. The van der Waals surface area contributed by atoms with E-state index in [4.69, 9.17) is 0 Å². The van der Waals surface area contributed by atoms with Crippen molar-refractivity contribution < 1.29 is 0 Å². The van der Waals surface area contributed by atoms with E-state index in [0.29, 0.717) is 0 Å². The van der Waals surface area contributed by atoms with Gasteiger partial charge in [-0.05, 0) is 25.6 Å². The molecule has 1 nitrogen and oxygen atoms in total. The zero-order chi connectivity index (χ0) is 9.52. The van der Waals surface area contributed by atoms with Gasteiger partial charge in [0.1, 0.15) is 0 Å². The maximum Gasteiger partial charge on any atom is 0.0359 e.